The minimum atomic E-state index is -4.52. The Hall–Kier alpha value is -9.91. The molecule has 2 atom stereocenters. The van der Waals surface area contributed by atoms with Gasteiger partial charge in [0, 0.05) is 5.56 Å². The normalized spacial score (nSPS) is 15.4. The molecule has 16 aromatic rings. The molecule has 0 spiro atoms. The Balaban J connectivity index is 0.000000246. The van der Waals surface area contributed by atoms with E-state index in [0.717, 1.165) is 16.7 Å². The van der Waals surface area contributed by atoms with E-state index in [2.05, 4.69) is 391 Å². The van der Waals surface area contributed by atoms with E-state index in [9.17, 15) is 5.11 Å². The molecule has 528 valence electrons. The number of ether oxygens (including phenoxy) is 2. The average Bonchev–Trinajstić information content (AvgIpc) is 0.640. The second-order valence-corrected chi connectivity index (χ2v) is 77.3. The van der Waals surface area contributed by atoms with Crippen LogP contribution in [0.25, 0.3) is 33.5 Å². The molecule has 0 saturated carbocycles. The van der Waals surface area contributed by atoms with E-state index in [-0.39, 0.29) is 12.6 Å². The quantitative estimate of drug-likeness (QED) is 0.0587. The Morgan fingerprint density at radius 2 is 0.547 bits per heavy atom. The van der Waals surface area contributed by atoms with E-state index in [1.54, 1.807) is 6.07 Å². The summed E-state index contributed by atoms with van der Waals surface area (Å²) < 4.78 is 10.9. The van der Waals surface area contributed by atoms with Crippen LogP contribution in [0.5, 0.6) is 6.01 Å². The van der Waals surface area contributed by atoms with Crippen LogP contribution in [0, 0.1) is 0 Å². The minimum absolute atomic E-state index is 0.262. The van der Waals surface area contributed by atoms with E-state index >= 15 is 0 Å². The van der Waals surface area contributed by atoms with Gasteiger partial charge in [0.1, 0.15) is 6.10 Å². The summed E-state index contributed by atoms with van der Waals surface area (Å²) in [4.78, 5) is 12.0. The maximum atomic E-state index is 9.84. The molecule has 12 heteroatoms. The molecular formula is C94H82ClN3O3P4Pd. The third kappa shape index (κ3) is 12.2. The number of aliphatic hydroxyl groups is 1. The second kappa shape index (κ2) is 31.7. The monoisotopic (exact) mass is 1570 g/mol. The molecule has 106 heavy (non-hydrogen) atoms. The van der Waals surface area contributed by atoms with Crippen LogP contribution in [-0.2, 0) is 18.3 Å². The van der Waals surface area contributed by atoms with Crippen molar-refractivity contribution in [3.05, 3.63) is 430 Å². The van der Waals surface area contributed by atoms with Crippen LogP contribution >= 0.6 is 33.4 Å². The van der Waals surface area contributed by atoms with Gasteiger partial charge in [-0.3, -0.25) is 0 Å². The van der Waals surface area contributed by atoms with Gasteiger partial charge in [0.2, 0.25) is 0 Å². The number of aliphatic hydroxyl groups excluding tert-OH is 1. The predicted molar refractivity (Wildman–Crippen MR) is 457 cm³/mol. The number of nitrogens with zero attached hydrogens (tertiary/aromatic N) is 2. The van der Waals surface area contributed by atoms with Crippen molar-refractivity contribution in [3.63, 3.8) is 0 Å². The molecule has 1 fully saturated rings. The van der Waals surface area contributed by atoms with Crippen molar-refractivity contribution < 1.29 is 28.1 Å². The first-order valence-corrected chi connectivity index (χ1v) is 52.8. The fraction of sp³-hybridized carbons (Fsp3) is 0.0426. The first kappa shape index (κ1) is 70.4. The first-order chi connectivity index (χ1) is 52.4. The van der Waals surface area contributed by atoms with E-state index < -0.39 is 47.6 Å². The molecule has 0 radical (unpaired) electrons. The second-order valence-electron chi connectivity index (χ2n) is 26.3. The number of hydrogen-bond acceptors (Lipinski definition) is 5. The third-order valence-electron chi connectivity index (χ3n) is 20.2. The number of benzene rings is 14. The fourth-order valence-corrected chi connectivity index (χ4v) is 179. The number of aromatic amines is 1. The van der Waals surface area contributed by atoms with Gasteiger partial charge in [-0.15, -0.1) is 0 Å². The number of pyridine rings is 1. The predicted octanol–water partition coefficient (Wildman–Crippen LogP) is 16.8. The number of imidazole rings is 1. The van der Waals surface area contributed by atoms with Gasteiger partial charge in [0.05, 0.1) is 29.4 Å². The molecule has 2 unspecified atom stereocenters. The van der Waals surface area contributed by atoms with Crippen LogP contribution < -0.4 is 68.4 Å². The van der Waals surface area contributed by atoms with Crippen LogP contribution in [0.2, 0.25) is 5.02 Å². The number of rotatable bonds is 20. The first-order valence-electron chi connectivity index (χ1n) is 35.9. The van der Waals surface area contributed by atoms with Gasteiger partial charge < -0.3 is 19.6 Å². The van der Waals surface area contributed by atoms with Gasteiger partial charge in [0.25, 0.3) is 6.01 Å². The molecule has 1 aliphatic rings. The van der Waals surface area contributed by atoms with E-state index in [4.69, 9.17) is 21.1 Å². The summed E-state index contributed by atoms with van der Waals surface area (Å²) in [5.41, 5.74) is -10.7. The summed E-state index contributed by atoms with van der Waals surface area (Å²) in [7, 11) is 0. The van der Waals surface area contributed by atoms with E-state index in [1.807, 2.05) is 42.5 Å². The summed E-state index contributed by atoms with van der Waals surface area (Å²) in [6, 6.07) is 167. The summed E-state index contributed by atoms with van der Waals surface area (Å²) in [5.74, 6) is 0. The zero-order valence-electron chi connectivity index (χ0n) is 58.3. The van der Waals surface area contributed by atoms with Crippen molar-refractivity contribution in [2.24, 2.45) is 0 Å². The molecular weight excluding hydrogens is 1480 g/mol. The zero-order chi connectivity index (χ0) is 71.6. The Kier molecular flexibility index (Phi) is 21.0. The van der Waals surface area contributed by atoms with Crippen LogP contribution in [0.15, 0.2) is 425 Å². The number of nitrogens with one attached hydrogen (secondary N) is 1. The molecule has 3 heterocycles. The van der Waals surface area contributed by atoms with Crippen LogP contribution in [0.1, 0.15) is 0 Å². The molecule has 1 saturated heterocycles. The molecule has 2 aromatic heterocycles. The number of halogens is 1. The molecule has 2 N–H and O–H groups in total. The Bertz CT molecular complexity index is 4600. The molecule has 0 amide bonds. The zero-order valence-corrected chi connectivity index (χ0v) is 64.6. The topological polar surface area (TPSA) is 80.3 Å². The standard InChI is InChI=1S/C22H18ClN3O3.4C18H15P.Pd/c23-16-10-17-21(26-22(24-17)29-19-12-28-11-18(19)27)25-20(16)15-8-6-14(7-9-15)13-4-2-1-3-5-13;4*1-4-10-16(11-5-1)19(17-12-6-2-7-13-17)18-14-8-3-9-15-18;/h1-10,18-19,27H,11-12H2,(H,24,25,26);4*1-15H;/q;;;;;-4/p+4. The Morgan fingerprint density at radius 1 is 0.311 bits per heavy atom. The van der Waals surface area contributed by atoms with Crippen molar-refractivity contribution in [1.29, 1.82) is 0 Å². The van der Waals surface area contributed by atoms with Gasteiger partial charge in [-0.05, 0) is 17.2 Å². The number of aromatic nitrogens is 3. The van der Waals surface area contributed by atoms with Gasteiger partial charge in [-0.1, -0.05) is 66.2 Å². The number of fused-ring (bicyclic) bond motifs is 1. The van der Waals surface area contributed by atoms with Gasteiger partial charge in [0.15, 0.2) is 11.8 Å². The van der Waals surface area contributed by atoms with Crippen LogP contribution in [0.4, 0.5) is 0 Å². The van der Waals surface area contributed by atoms with Gasteiger partial charge in [-0.2, -0.15) is 4.98 Å². The van der Waals surface area contributed by atoms with Crippen molar-refractivity contribution >= 4 is 108 Å². The summed E-state index contributed by atoms with van der Waals surface area (Å²) >= 11 is 1.97. The molecule has 1 aliphatic heterocycles. The molecule has 0 aliphatic carbocycles. The van der Waals surface area contributed by atoms with Gasteiger partial charge >= 0.3 is 463 Å². The average molecular weight is 1570 g/mol. The fourth-order valence-electron chi connectivity index (χ4n) is 16.0. The Morgan fingerprint density at radius 3 is 0.792 bits per heavy atom. The van der Waals surface area contributed by atoms with Crippen molar-refractivity contribution in [3.8, 4) is 28.4 Å². The van der Waals surface area contributed by atoms with Crippen LogP contribution in [-0.4, -0.2) is 45.5 Å². The van der Waals surface area contributed by atoms with Crippen molar-refractivity contribution in [1.82, 2.24) is 15.0 Å². The third-order valence-corrected chi connectivity index (χ3v) is 124. The molecule has 0 bridgehead atoms. The number of H-pyrrole nitrogens is 1. The molecule has 14 aromatic carbocycles. The van der Waals surface area contributed by atoms with Crippen LogP contribution in [0.3, 0.4) is 0 Å². The van der Waals surface area contributed by atoms with E-state index in [1.165, 1.54) is 63.7 Å². The van der Waals surface area contributed by atoms with Crippen molar-refractivity contribution in [2.45, 2.75) is 12.2 Å². The Labute approximate surface area is 629 Å². The summed E-state index contributed by atoms with van der Waals surface area (Å²) in [5, 5.41) is 27.8. The number of hydrogen-bond donors (Lipinski definition) is 2. The van der Waals surface area contributed by atoms with Crippen molar-refractivity contribution in [2.75, 3.05) is 13.2 Å². The summed E-state index contributed by atoms with van der Waals surface area (Å²) in [6.07, 6.45) is -1.12. The SMILES string of the molecule is OC1COCC1Oc1nc2nc(-c3ccc(-c4ccccc4)cc3)c(Cl)cc2[nH]1.c1ccc([PH](c2ccccc2)(c2ccccc2)[Pd]([PH](c2ccccc2)(c2ccccc2)c2ccccc2)([PH](c2ccccc2)(c2ccccc2)c2ccccc2)[PH](c2ccccc2)(c2ccccc2)c2ccccc2)cc1. The van der Waals surface area contributed by atoms with E-state index in [0.29, 0.717) is 28.5 Å². The summed E-state index contributed by atoms with van der Waals surface area (Å²) in [6.45, 7) is 0.587. The molecule has 17 rings (SSSR count). The van der Waals surface area contributed by atoms with Gasteiger partial charge in [-0.25, -0.2) is 4.98 Å². The maximum absolute atomic E-state index is 9.84. The molecule has 6 nitrogen and oxygen atoms in total.